The first-order valence-electron chi connectivity index (χ1n) is 12.0. The number of nitrogens with zero attached hydrogens (tertiary/aromatic N) is 3. The largest absolute Gasteiger partial charge is 0.382 e. The third-order valence-corrected chi connectivity index (χ3v) is 8.71. The van der Waals surface area contributed by atoms with Crippen molar-refractivity contribution in [3.05, 3.63) is 54.4 Å². The fourth-order valence-electron chi connectivity index (χ4n) is 4.57. The predicted octanol–water partition coefficient (Wildman–Crippen LogP) is 3.23. The molecule has 3 atom stereocenters. The molecule has 2 aliphatic rings. The van der Waals surface area contributed by atoms with E-state index < -0.39 is 32.5 Å². The summed E-state index contributed by atoms with van der Waals surface area (Å²) in [6.45, 7) is 5.68. The van der Waals surface area contributed by atoms with Crippen molar-refractivity contribution in [1.82, 2.24) is 14.3 Å². The van der Waals surface area contributed by atoms with Crippen molar-refractivity contribution in [3.8, 4) is 0 Å². The number of nitrogens with one attached hydrogen (secondary N) is 1. The molecule has 1 aliphatic heterocycles. The Morgan fingerprint density at radius 2 is 2.08 bits per heavy atom. The average molecular weight is 521 g/mol. The summed E-state index contributed by atoms with van der Waals surface area (Å²) >= 11 is 0. The number of halogens is 1. The van der Waals surface area contributed by atoms with Gasteiger partial charge in [-0.25, -0.2) is 22.0 Å². The van der Waals surface area contributed by atoms with E-state index in [1.54, 1.807) is 25.4 Å². The standard InChI is InChI=1S/C25H33FN4O5S/c1-24(2,3)36(32,33)28-23(31)19-17-27-30-13-10-18(16-22(19)30)29-12-7-9-21(29)20-8-5-6-11-25(20,26)35-15-14-34-4/h5-6,8,10-11,13,16-17,20-21H,7,9,12,14-15H2,1-4H3,(H,28,31)/t20?,21-,25?/m1/s1. The van der Waals surface area contributed by atoms with Crippen LogP contribution in [0.2, 0.25) is 0 Å². The number of sulfonamides is 1. The third kappa shape index (κ3) is 5.05. The number of carbonyl (C=O) groups is 1. The van der Waals surface area contributed by atoms with Crippen LogP contribution in [-0.2, 0) is 19.5 Å². The Kier molecular flexibility index (Phi) is 7.27. The Labute approximate surface area is 211 Å². The van der Waals surface area contributed by atoms with Crippen LogP contribution in [0.1, 0.15) is 44.0 Å². The molecule has 2 aromatic rings. The van der Waals surface area contributed by atoms with E-state index in [1.807, 2.05) is 18.2 Å². The third-order valence-electron chi connectivity index (χ3n) is 6.65. The summed E-state index contributed by atoms with van der Waals surface area (Å²) in [4.78, 5) is 15.0. The molecule has 1 aliphatic carbocycles. The monoisotopic (exact) mass is 520 g/mol. The normalized spacial score (nSPS) is 24.5. The summed E-state index contributed by atoms with van der Waals surface area (Å²) in [6, 6.07) is 3.47. The molecule has 36 heavy (non-hydrogen) atoms. The highest BCUT2D eigenvalue weighted by Crippen LogP contribution is 2.40. The molecule has 4 rings (SSSR count). The van der Waals surface area contributed by atoms with Crippen molar-refractivity contribution in [3.63, 3.8) is 0 Å². The number of fused-ring (bicyclic) bond motifs is 1. The summed E-state index contributed by atoms with van der Waals surface area (Å²) < 4.78 is 54.1. The Bertz CT molecular complexity index is 1280. The van der Waals surface area contributed by atoms with Gasteiger partial charge in [-0.2, -0.15) is 5.10 Å². The summed E-state index contributed by atoms with van der Waals surface area (Å²) in [5, 5.41) is 4.20. The van der Waals surface area contributed by atoms with Crippen LogP contribution in [0.15, 0.2) is 48.8 Å². The van der Waals surface area contributed by atoms with Gasteiger partial charge in [0.2, 0.25) is 15.9 Å². The fraction of sp³-hybridized carbons (Fsp3) is 0.520. The lowest BCUT2D eigenvalue weighted by molar-refractivity contribution is -0.147. The number of carbonyl (C=O) groups excluding carboxylic acids is 1. The van der Waals surface area contributed by atoms with Crippen molar-refractivity contribution in [1.29, 1.82) is 0 Å². The molecule has 0 radical (unpaired) electrons. The Morgan fingerprint density at radius 1 is 1.31 bits per heavy atom. The first-order chi connectivity index (χ1) is 17.0. The molecule has 3 heterocycles. The van der Waals surface area contributed by atoms with E-state index in [1.165, 1.54) is 37.6 Å². The smallest absolute Gasteiger partial charge is 0.268 e. The Morgan fingerprint density at radius 3 is 2.81 bits per heavy atom. The van der Waals surface area contributed by atoms with Gasteiger partial charge >= 0.3 is 0 Å². The van der Waals surface area contributed by atoms with Crippen molar-refractivity contribution in [2.45, 2.75) is 50.3 Å². The maximum Gasteiger partial charge on any atom is 0.268 e. The number of methoxy groups -OCH3 is 1. The SMILES string of the molecule is COCCOC1(F)C=CC=CC1[C@H]1CCCN1c1ccn2ncc(C(=O)NS(=O)(=O)C(C)(C)C)c2c1. The number of allylic oxidation sites excluding steroid dienone is 2. The number of ether oxygens (including phenoxy) is 2. The van der Waals surface area contributed by atoms with E-state index in [4.69, 9.17) is 9.47 Å². The van der Waals surface area contributed by atoms with E-state index in [9.17, 15) is 13.2 Å². The van der Waals surface area contributed by atoms with Gasteiger partial charge in [0.15, 0.2) is 0 Å². The molecule has 1 saturated heterocycles. The van der Waals surface area contributed by atoms with Gasteiger partial charge in [0.05, 0.1) is 41.2 Å². The zero-order valence-electron chi connectivity index (χ0n) is 21.0. The summed E-state index contributed by atoms with van der Waals surface area (Å²) in [7, 11) is -2.35. The van der Waals surface area contributed by atoms with Gasteiger partial charge < -0.3 is 14.4 Å². The van der Waals surface area contributed by atoms with Crippen molar-refractivity contribution in [2.24, 2.45) is 5.92 Å². The van der Waals surface area contributed by atoms with Gasteiger partial charge in [-0.3, -0.25) is 4.79 Å². The molecule has 2 aromatic heterocycles. The highest BCUT2D eigenvalue weighted by molar-refractivity contribution is 7.91. The van der Waals surface area contributed by atoms with E-state index in [0.29, 0.717) is 12.1 Å². The van der Waals surface area contributed by atoms with E-state index in [0.717, 1.165) is 18.5 Å². The molecular weight excluding hydrogens is 487 g/mol. The Balaban J connectivity index is 1.62. The van der Waals surface area contributed by atoms with E-state index >= 15 is 4.39 Å². The molecule has 0 aromatic carbocycles. The number of hydrogen-bond acceptors (Lipinski definition) is 7. The molecule has 196 valence electrons. The molecule has 11 heteroatoms. The second-order valence-corrected chi connectivity index (χ2v) is 12.5. The molecule has 2 unspecified atom stereocenters. The minimum Gasteiger partial charge on any atom is -0.382 e. The van der Waals surface area contributed by atoms with Crippen molar-refractivity contribution >= 4 is 27.1 Å². The van der Waals surface area contributed by atoms with E-state index in [-0.39, 0.29) is 24.8 Å². The quantitative estimate of drug-likeness (QED) is 0.533. The number of hydrogen-bond donors (Lipinski definition) is 1. The number of alkyl halides is 1. The molecular formula is C25H33FN4O5S. The molecule has 0 bridgehead atoms. The maximum atomic E-state index is 16.0. The van der Waals surface area contributed by atoms with Gasteiger partial charge in [0, 0.05) is 31.6 Å². The van der Waals surface area contributed by atoms with Crippen LogP contribution >= 0.6 is 0 Å². The van der Waals surface area contributed by atoms with Gasteiger partial charge in [-0.1, -0.05) is 18.2 Å². The van der Waals surface area contributed by atoms with E-state index in [2.05, 4.69) is 14.7 Å². The Hall–Kier alpha value is -2.76. The van der Waals surface area contributed by atoms with Crippen LogP contribution in [0.4, 0.5) is 10.1 Å². The number of amides is 1. The van der Waals surface area contributed by atoms with Crippen LogP contribution < -0.4 is 9.62 Å². The van der Waals surface area contributed by atoms with Crippen molar-refractivity contribution < 1.29 is 27.1 Å². The van der Waals surface area contributed by atoms with Crippen LogP contribution in [-0.4, -0.2) is 67.5 Å². The van der Waals surface area contributed by atoms with Gasteiger partial charge in [-0.05, 0) is 51.8 Å². The lowest BCUT2D eigenvalue weighted by Crippen LogP contribution is -2.47. The first-order valence-corrected chi connectivity index (χ1v) is 13.4. The number of pyridine rings is 1. The summed E-state index contributed by atoms with van der Waals surface area (Å²) in [6.07, 6.45) is 11.5. The van der Waals surface area contributed by atoms with Gasteiger partial charge in [0.25, 0.3) is 5.91 Å². The van der Waals surface area contributed by atoms with Crippen LogP contribution in [0, 0.1) is 5.92 Å². The zero-order chi connectivity index (χ0) is 26.1. The number of rotatable bonds is 8. The molecule has 9 nitrogen and oxygen atoms in total. The van der Waals surface area contributed by atoms with Gasteiger partial charge in [-0.15, -0.1) is 0 Å². The number of anilines is 1. The second kappa shape index (κ2) is 9.95. The molecule has 1 N–H and O–H groups in total. The lowest BCUT2D eigenvalue weighted by Gasteiger charge is -2.39. The van der Waals surface area contributed by atoms with Crippen molar-refractivity contribution in [2.75, 3.05) is 31.8 Å². The lowest BCUT2D eigenvalue weighted by atomic mass is 9.86. The van der Waals surface area contributed by atoms with Crippen LogP contribution in [0.25, 0.3) is 5.52 Å². The average Bonchev–Trinajstić information content (AvgIpc) is 3.45. The fourth-order valence-corrected chi connectivity index (χ4v) is 5.23. The minimum absolute atomic E-state index is 0.131. The van der Waals surface area contributed by atoms with Crippen LogP contribution in [0.5, 0.6) is 0 Å². The van der Waals surface area contributed by atoms with Crippen LogP contribution in [0.3, 0.4) is 0 Å². The molecule has 1 fully saturated rings. The number of aromatic nitrogens is 2. The predicted molar refractivity (Wildman–Crippen MR) is 135 cm³/mol. The highest BCUT2D eigenvalue weighted by atomic mass is 32.2. The molecule has 0 spiro atoms. The van der Waals surface area contributed by atoms with Gasteiger partial charge in [0.1, 0.15) is 0 Å². The highest BCUT2D eigenvalue weighted by Gasteiger charge is 2.46. The minimum atomic E-state index is -3.89. The second-order valence-electron chi connectivity index (χ2n) is 10.0. The summed E-state index contributed by atoms with van der Waals surface area (Å²) in [5.41, 5.74) is 1.39. The molecule has 0 saturated carbocycles. The first kappa shape index (κ1) is 26.3. The maximum absolute atomic E-state index is 16.0. The zero-order valence-corrected chi connectivity index (χ0v) is 21.8. The molecule has 1 amide bonds. The summed E-state index contributed by atoms with van der Waals surface area (Å²) in [5.74, 6) is -3.25. The topological polar surface area (TPSA) is 102 Å².